The van der Waals surface area contributed by atoms with Gasteiger partial charge < -0.3 is 15.3 Å². The summed E-state index contributed by atoms with van der Waals surface area (Å²) in [5.74, 6) is -0.231. The molecule has 0 fully saturated rings. The van der Waals surface area contributed by atoms with Crippen LogP contribution in [0.1, 0.15) is 18.5 Å². The van der Waals surface area contributed by atoms with E-state index >= 15 is 0 Å². The molecule has 0 aliphatic rings. The molecule has 3 nitrogen and oxygen atoms in total. The molecule has 0 aliphatic heterocycles. The molecular formula is C13H21FN2O. The van der Waals surface area contributed by atoms with Crippen LogP contribution < -0.4 is 5.32 Å². The zero-order valence-electron chi connectivity index (χ0n) is 10.7. The van der Waals surface area contributed by atoms with Gasteiger partial charge in [0.05, 0.1) is 6.10 Å². The third kappa shape index (κ3) is 5.26. The van der Waals surface area contributed by atoms with Crippen LogP contribution in [-0.4, -0.2) is 43.3 Å². The quantitative estimate of drug-likeness (QED) is 0.789. The maximum Gasteiger partial charge on any atom is 0.123 e. The summed E-state index contributed by atoms with van der Waals surface area (Å²) in [4.78, 5) is 1.93. The van der Waals surface area contributed by atoms with E-state index in [0.717, 1.165) is 5.56 Å². The van der Waals surface area contributed by atoms with Crippen LogP contribution in [0.5, 0.6) is 0 Å². The van der Waals surface area contributed by atoms with Crippen LogP contribution >= 0.6 is 0 Å². The van der Waals surface area contributed by atoms with Gasteiger partial charge in [-0.3, -0.25) is 0 Å². The Labute approximate surface area is 102 Å². The van der Waals surface area contributed by atoms with Gasteiger partial charge in [-0.25, -0.2) is 4.39 Å². The molecule has 0 saturated carbocycles. The second-order valence-electron chi connectivity index (χ2n) is 4.60. The summed E-state index contributed by atoms with van der Waals surface area (Å²) in [5, 5.41) is 12.9. The number of aliphatic hydroxyl groups excluding tert-OH is 1. The molecule has 0 heterocycles. The summed E-state index contributed by atoms with van der Waals surface area (Å²) in [6.07, 6.45) is -0.416. The molecule has 0 spiro atoms. The number of benzene rings is 1. The topological polar surface area (TPSA) is 35.5 Å². The standard InChI is InChI=1S/C13H21FN2O/c1-10(11-5-4-6-12(14)7-11)15-8-13(17)9-16(2)3/h4-7,10,13,15,17H,8-9H2,1-3H3. The van der Waals surface area contributed by atoms with Crippen LogP contribution in [0.3, 0.4) is 0 Å². The average molecular weight is 240 g/mol. The van der Waals surface area contributed by atoms with Crippen molar-refractivity contribution in [2.24, 2.45) is 0 Å². The van der Waals surface area contributed by atoms with E-state index in [1.165, 1.54) is 12.1 Å². The molecule has 1 rings (SSSR count). The minimum atomic E-state index is -0.416. The van der Waals surface area contributed by atoms with Gasteiger partial charge >= 0.3 is 0 Å². The maximum absolute atomic E-state index is 13.0. The van der Waals surface area contributed by atoms with Gasteiger partial charge in [0.15, 0.2) is 0 Å². The van der Waals surface area contributed by atoms with E-state index in [2.05, 4.69) is 5.32 Å². The number of halogens is 1. The third-order valence-corrected chi connectivity index (χ3v) is 2.58. The first-order valence-electron chi connectivity index (χ1n) is 5.80. The minimum absolute atomic E-state index is 0.0301. The third-order valence-electron chi connectivity index (χ3n) is 2.58. The molecule has 17 heavy (non-hydrogen) atoms. The number of nitrogens with one attached hydrogen (secondary N) is 1. The fourth-order valence-electron chi connectivity index (χ4n) is 1.69. The largest absolute Gasteiger partial charge is 0.390 e. The van der Waals surface area contributed by atoms with Gasteiger partial charge in [-0.15, -0.1) is 0 Å². The molecule has 0 aliphatic carbocycles. The summed E-state index contributed by atoms with van der Waals surface area (Å²) in [6, 6.07) is 6.54. The van der Waals surface area contributed by atoms with Crippen molar-refractivity contribution in [2.75, 3.05) is 27.2 Å². The van der Waals surface area contributed by atoms with E-state index in [1.807, 2.05) is 32.0 Å². The lowest BCUT2D eigenvalue weighted by Gasteiger charge is -2.20. The molecular weight excluding hydrogens is 219 g/mol. The number of hydrogen-bond acceptors (Lipinski definition) is 3. The molecule has 0 aromatic heterocycles. The van der Waals surface area contributed by atoms with Gasteiger partial charge in [0, 0.05) is 19.1 Å². The van der Waals surface area contributed by atoms with E-state index in [1.54, 1.807) is 6.07 Å². The average Bonchev–Trinajstić information content (AvgIpc) is 2.25. The molecule has 1 aromatic carbocycles. The highest BCUT2D eigenvalue weighted by Gasteiger charge is 2.09. The summed E-state index contributed by atoms with van der Waals surface area (Å²) in [5.41, 5.74) is 0.891. The predicted octanol–water partition coefficient (Wildman–Crippen LogP) is 1.40. The van der Waals surface area contributed by atoms with Crippen molar-refractivity contribution in [2.45, 2.75) is 19.1 Å². The van der Waals surface area contributed by atoms with Gasteiger partial charge in [-0.2, -0.15) is 0 Å². The van der Waals surface area contributed by atoms with E-state index in [9.17, 15) is 9.50 Å². The number of likely N-dealkylation sites (N-methyl/N-ethyl adjacent to an activating group) is 1. The first-order valence-corrected chi connectivity index (χ1v) is 5.80. The van der Waals surface area contributed by atoms with E-state index in [4.69, 9.17) is 0 Å². The lowest BCUT2D eigenvalue weighted by molar-refractivity contribution is 0.132. The molecule has 0 bridgehead atoms. The number of rotatable bonds is 6. The Balaban J connectivity index is 2.42. The molecule has 0 saturated heterocycles. The van der Waals surface area contributed by atoms with Crippen molar-refractivity contribution in [1.82, 2.24) is 10.2 Å². The fourth-order valence-corrected chi connectivity index (χ4v) is 1.69. The maximum atomic E-state index is 13.0. The minimum Gasteiger partial charge on any atom is -0.390 e. The predicted molar refractivity (Wildman–Crippen MR) is 67.4 cm³/mol. The zero-order valence-corrected chi connectivity index (χ0v) is 10.7. The van der Waals surface area contributed by atoms with Crippen molar-refractivity contribution in [1.29, 1.82) is 0 Å². The summed E-state index contributed by atoms with van der Waals surface area (Å²) >= 11 is 0. The first-order chi connectivity index (χ1) is 7.99. The molecule has 0 radical (unpaired) electrons. The van der Waals surface area contributed by atoms with Crippen molar-refractivity contribution < 1.29 is 9.50 Å². The Bertz CT molecular complexity index is 344. The van der Waals surface area contributed by atoms with E-state index < -0.39 is 6.10 Å². The molecule has 96 valence electrons. The SMILES string of the molecule is CC(NCC(O)CN(C)C)c1cccc(F)c1. The zero-order chi connectivity index (χ0) is 12.8. The Morgan fingerprint density at radius 3 is 2.71 bits per heavy atom. The monoisotopic (exact) mass is 240 g/mol. The highest BCUT2D eigenvalue weighted by Crippen LogP contribution is 2.13. The van der Waals surface area contributed by atoms with Gasteiger partial charge in [0.25, 0.3) is 0 Å². The molecule has 2 N–H and O–H groups in total. The lowest BCUT2D eigenvalue weighted by atomic mass is 10.1. The van der Waals surface area contributed by atoms with E-state index in [-0.39, 0.29) is 11.9 Å². The van der Waals surface area contributed by atoms with Gasteiger partial charge in [-0.1, -0.05) is 12.1 Å². The van der Waals surface area contributed by atoms with Crippen molar-refractivity contribution >= 4 is 0 Å². The van der Waals surface area contributed by atoms with Gasteiger partial charge in [-0.05, 0) is 38.7 Å². The fraction of sp³-hybridized carbons (Fsp3) is 0.538. The van der Waals surface area contributed by atoms with Gasteiger partial charge in [0.2, 0.25) is 0 Å². The molecule has 0 amide bonds. The van der Waals surface area contributed by atoms with Crippen molar-refractivity contribution in [3.63, 3.8) is 0 Å². The first kappa shape index (κ1) is 14.1. The number of nitrogens with zero attached hydrogens (tertiary/aromatic N) is 1. The number of aliphatic hydroxyl groups is 1. The molecule has 2 atom stereocenters. The Kier molecular flexibility index (Phi) is 5.55. The molecule has 1 aromatic rings. The van der Waals surface area contributed by atoms with Crippen LogP contribution in [0, 0.1) is 5.82 Å². The number of hydrogen-bond donors (Lipinski definition) is 2. The Morgan fingerprint density at radius 1 is 1.41 bits per heavy atom. The van der Waals surface area contributed by atoms with Crippen LogP contribution in [0.15, 0.2) is 24.3 Å². The smallest absolute Gasteiger partial charge is 0.123 e. The van der Waals surface area contributed by atoms with Crippen LogP contribution in [-0.2, 0) is 0 Å². The lowest BCUT2D eigenvalue weighted by Crippen LogP contribution is -2.36. The van der Waals surface area contributed by atoms with Crippen LogP contribution in [0.25, 0.3) is 0 Å². The van der Waals surface area contributed by atoms with E-state index in [0.29, 0.717) is 13.1 Å². The second kappa shape index (κ2) is 6.69. The van der Waals surface area contributed by atoms with Crippen molar-refractivity contribution in [3.8, 4) is 0 Å². The van der Waals surface area contributed by atoms with Crippen molar-refractivity contribution in [3.05, 3.63) is 35.6 Å². The summed E-state index contributed by atoms with van der Waals surface area (Å²) in [7, 11) is 3.83. The normalized spacial score (nSPS) is 14.9. The van der Waals surface area contributed by atoms with Crippen LogP contribution in [0.2, 0.25) is 0 Å². The molecule has 4 heteroatoms. The Hall–Kier alpha value is -0.970. The highest BCUT2D eigenvalue weighted by atomic mass is 19.1. The van der Waals surface area contributed by atoms with Crippen LogP contribution in [0.4, 0.5) is 4.39 Å². The van der Waals surface area contributed by atoms with Gasteiger partial charge in [0.1, 0.15) is 5.82 Å². The summed E-state index contributed by atoms with van der Waals surface area (Å²) in [6.45, 7) is 3.07. The summed E-state index contributed by atoms with van der Waals surface area (Å²) < 4.78 is 13.0. The highest BCUT2D eigenvalue weighted by molar-refractivity contribution is 5.19. The Morgan fingerprint density at radius 2 is 2.12 bits per heavy atom. The second-order valence-corrected chi connectivity index (χ2v) is 4.60. The molecule has 2 unspecified atom stereocenters.